The third-order valence-electron chi connectivity index (χ3n) is 3.68. The lowest BCUT2D eigenvalue weighted by atomic mass is 10.1. The summed E-state index contributed by atoms with van der Waals surface area (Å²) in [5.74, 6) is 0.856. The molecule has 1 aliphatic heterocycles. The van der Waals surface area contributed by atoms with Crippen molar-refractivity contribution in [2.75, 3.05) is 18.4 Å². The van der Waals surface area contributed by atoms with Crippen molar-refractivity contribution in [3.05, 3.63) is 47.9 Å². The fourth-order valence-electron chi connectivity index (χ4n) is 2.49. The Hall–Kier alpha value is -2.54. The number of benzene rings is 1. The molecule has 1 N–H and O–H groups in total. The number of carbonyl (C=O) groups is 1. The van der Waals surface area contributed by atoms with Crippen LogP contribution < -0.4 is 5.32 Å². The standard InChI is InChI=1S/C15H13N5OS/c21-15(10-1-2-12-13(5-10)22-9-18-12)20-6-11(7-20)19-14-3-4-16-8-17-14/h1-5,8-9,11H,6-7H2,(H,16,17,19). The maximum atomic E-state index is 12.4. The van der Waals surface area contributed by atoms with Crippen molar-refractivity contribution in [1.82, 2.24) is 19.9 Å². The molecule has 7 heteroatoms. The van der Waals surface area contributed by atoms with Gasteiger partial charge < -0.3 is 10.2 Å². The first-order chi connectivity index (χ1) is 10.8. The summed E-state index contributed by atoms with van der Waals surface area (Å²) in [5.41, 5.74) is 3.45. The zero-order valence-electron chi connectivity index (χ0n) is 11.6. The van der Waals surface area contributed by atoms with E-state index < -0.39 is 0 Å². The van der Waals surface area contributed by atoms with Gasteiger partial charge in [-0.15, -0.1) is 11.3 Å². The zero-order chi connectivity index (χ0) is 14.9. The maximum absolute atomic E-state index is 12.4. The molecule has 0 bridgehead atoms. The van der Waals surface area contributed by atoms with Crippen LogP contribution in [0.4, 0.5) is 5.82 Å². The SMILES string of the molecule is O=C(c1ccc2ncsc2c1)N1CC(Nc2ccncn2)C1. The number of anilines is 1. The quantitative estimate of drug-likeness (QED) is 0.801. The van der Waals surface area contributed by atoms with Crippen LogP contribution in [0.5, 0.6) is 0 Å². The average molecular weight is 311 g/mol. The molecule has 1 amide bonds. The number of rotatable bonds is 3. The van der Waals surface area contributed by atoms with E-state index >= 15 is 0 Å². The minimum Gasteiger partial charge on any atom is -0.364 e. The summed E-state index contributed by atoms with van der Waals surface area (Å²) in [4.78, 5) is 26.5. The molecule has 3 heterocycles. The van der Waals surface area contributed by atoms with Gasteiger partial charge in [0.15, 0.2) is 0 Å². The molecule has 22 heavy (non-hydrogen) atoms. The Labute approximate surface area is 130 Å². The summed E-state index contributed by atoms with van der Waals surface area (Å²) in [5, 5.41) is 3.29. The fraction of sp³-hybridized carbons (Fsp3) is 0.200. The van der Waals surface area contributed by atoms with E-state index in [2.05, 4.69) is 20.3 Å². The third kappa shape index (κ3) is 2.39. The van der Waals surface area contributed by atoms with E-state index in [1.54, 1.807) is 23.0 Å². The Balaban J connectivity index is 1.40. The highest BCUT2D eigenvalue weighted by Gasteiger charge is 2.31. The number of amides is 1. The van der Waals surface area contributed by atoms with Crippen molar-refractivity contribution >= 4 is 33.3 Å². The summed E-state index contributed by atoms with van der Waals surface area (Å²) in [7, 11) is 0. The van der Waals surface area contributed by atoms with Gasteiger partial charge in [0.05, 0.1) is 21.8 Å². The fourth-order valence-corrected chi connectivity index (χ4v) is 3.21. The molecule has 1 aromatic carbocycles. The number of nitrogens with one attached hydrogen (secondary N) is 1. The molecular weight excluding hydrogens is 298 g/mol. The van der Waals surface area contributed by atoms with Crippen LogP contribution >= 0.6 is 11.3 Å². The van der Waals surface area contributed by atoms with Crippen molar-refractivity contribution < 1.29 is 4.79 Å². The van der Waals surface area contributed by atoms with Gasteiger partial charge in [0.2, 0.25) is 0 Å². The average Bonchev–Trinajstić information content (AvgIpc) is 2.98. The third-order valence-corrected chi connectivity index (χ3v) is 4.47. The molecular formula is C15H13N5OS. The molecule has 110 valence electrons. The lowest BCUT2D eigenvalue weighted by Crippen LogP contribution is -2.57. The summed E-state index contributed by atoms with van der Waals surface area (Å²) in [6, 6.07) is 7.72. The first-order valence-corrected chi connectivity index (χ1v) is 7.82. The van der Waals surface area contributed by atoms with Crippen molar-refractivity contribution in [1.29, 1.82) is 0 Å². The number of likely N-dealkylation sites (tertiary alicyclic amines) is 1. The first-order valence-electron chi connectivity index (χ1n) is 6.95. The van der Waals surface area contributed by atoms with E-state index in [4.69, 9.17) is 0 Å². The van der Waals surface area contributed by atoms with Gasteiger partial charge in [-0.3, -0.25) is 4.79 Å². The van der Waals surface area contributed by atoms with Crippen LogP contribution in [0.2, 0.25) is 0 Å². The summed E-state index contributed by atoms with van der Waals surface area (Å²) in [6.07, 6.45) is 3.20. The van der Waals surface area contributed by atoms with Crippen LogP contribution in [0.15, 0.2) is 42.3 Å². The van der Waals surface area contributed by atoms with Gasteiger partial charge in [0.25, 0.3) is 5.91 Å². The lowest BCUT2D eigenvalue weighted by molar-refractivity contribution is 0.0625. The lowest BCUT2D eigenvalue weighted by Gasteiger charge is -2.39. The predicted molar refractivity (Wildman–Crippen MR) is 85.0 cm³/mol. The van der Waals surface area contributed by atoms with Crippen LogP contribution in [0.25, 0.3) is 10.2 Å². The number of carbonyl (C=O) groups excluding carboxylic acids is 1. The highest BCUT2D eigenvalue weighted by molar-refractivity contribution is 7.16. The van der Waals surface area contributed by atoms with Crippen molar-refractivity contribution in [3.8, 4) is 0 Å². The highest BCUT2D eigenvalue weighted by Crippen LogP contribution is 2.22. The molecule has 0 radical (unpaired) electrons. The van der Waals surface area contributed by atoms with Crippen LogP contribution in [-0.2, 0) is 0 Å². The summed E-state index contributed by atoms with van der Waals surface area (Å²) < 4.78 is 1.04. The van der Waals surface area contributed by atoms with Gasteiger partial charge in [-0.25, -0.2) is 15.0 Å². The second-order valence-electron chi connectivity index (χ2n) is 5.18. The topological polar surface area (TPSA) is 71.0 Å². The van der Waals surface area contributed by atoms with E-state index in [1.165, 1.54) is 6.33 Å². The summed E-state index contributed by atoms with van der Waals surface area (Å²) >= 11 is 1.55. The zero-order valence-corrected chi connectivity index (χ0v) is 12.5. The van der Waals surface area contributed by atoms with E-state index in [0.717, 1.165) is 21.6 Å². The molecule has 0 saturated carbocycles. The minimum absolute atomic E-state index is 0.0658. The minimum atomic E-state index is 0.0658. The van der Waals surface area contributed by atoms with Crippen molar-refractivity contribution in [3.63, 3.8) is 0 Å². The Morgan fingerprint density at radius 1 is 1.27 bits per heavy atom. The molecule has 6 nitrogen and oxygen atoms in total. The van der Waals surface area contributed by atoms with E-state index in [-0.39, 0.29) is 11.9 Å². The number of nitrogens with zero attached hydrogens (tertiary/aromatic N) is 4. The molecule has 1 fully saturated rings. The highest BCUT2D eigenvalue weighted by atomic mass is 32.1. The van der Waals surface area contributed by atoms with Gasteiger partial charge >= 0.3 is 0 Å². The Morgan fingerprint density at radius 3 is 3.00 bits per heavy atom. The first kappa shape index (κ1) is 13.1. The summed E-state index contributed by atoms with van der Waals surface area (Å²) in [6.45, 7) is 1.37. The molecule has 0 spiro atoms. The van der Waals surface area contributed by atoms with E-state index in [1.807, 2.05) is 29.2 Å². The maximum Gasteiger partial charge on any atom is 0.254 e. The largest absolute Gasteiger partial charge is 0.364 e. The van der Waals surface area contributed by atoms with Gasteiger partial charge in [-0.2, -0.15) is 0 Å². The smallest absolute Gasteiger partial charge is 0.254 e. The second kappa shape index (κ2) is 5.34. The molecule has 1 saturated heterocycles. The molecule has 0 unspecified atom stereocenters. The molecule has 0 atom stereocenters. The monoisotopic (exact) mass is 311 g/mol. The van der Waals surface area contributed by atoms with Gasteiger partial charge in [0.1, 0.15) is 12.1 Å². The molecule has 4 rings (SSSR count). The number of hydrogen-bond donors (Lipinski definition) is 1. The normalized spacial score (nSPS) is 14.8. The Kier molecular flexibility index (Phi) is 3.19. The second-order valence-corrected chi connectivity index (χ2v) is 6.07. The van der Waals surface area contributed by atoms with Crippen molar-refractivity contribution in [2.45, 2.75) is 6.04 Å². The van der Waals surface area contributed by atoms with E-state index in [9.17, 15) is 4.79 Å². The van der Waals surface area contributed by atoms with Crippen LogP contribution in [0, 0.1) is 0 Å². The molecule has 1 aliphatic rings. The number of fused-ring (bicyclic) bond motifs is 1. The van der Waals surface area contributed by atoms with Crippen LogP contribution in [0.3, 0.4) is 0 Å². The number of thiazole rings is 1. The van der Waals surface area contributed by atoms with Crippen LogP contribution in [0.1, 0.15) is 10.4 Å². The number of hydrogen-bond acceptors (Lipinski definition) is 6. The van der Waals surface area contributed by atoms with Crippen LogP contribution in [-0.4, -0.2) is 44.9 Å². The Morgan fingerprint density at radius 2 is 2.18 bits per heavy atom. The molecule has 3 aromatic rings. The molecule has 0 aliphatic carbocycles. The van der Waals surface area contributed by atoms with Gasteiger partial charge in [0, 0.05) is 24.8 Å². The molecule has 2 aromatic heterocycles. The Bertz CT molecular complexity index is 813. The van der Waals surface area contributed by atoms with Crippen molar-refractivity contribution in [2.24, 2.45) is 0 Å². The van der Waals surface area contributed by atoms with E-state index in [0.29, 0.717) is 13.1 Å². The van der Waals surface area contributed by atoms with Gasteiger partial charge in [-0.1, -0.05) is 0 Å². The predicted octanol–water partition coefficient (Wildman–Crippen LogP) is 2.02. The number of aromatic nitrogens is 3. The van der Waals surface area contributed by atoms with Gasteiger partial charge in [-0.05, 0) is 24.3 Å².